The third-order valence-corrected chi connectivity index (χ3v) is 10.7. The summed E-state index contributed by atoms with van der Waals surface area (Å²) in [6.45, 7) is 0. The molecule has 9 aromatic carbocycles. The monoisotopic (exact) mass is 701 g/mol. The SMILES string of the molecule is c1ccc(-c2nc(-c3cccc(-c4ccc5c6ccccc6c6ccccc6c5c4)c3)nc(-c3cccc4oc5cccc(-c6ccccc6)c5c34)n2)cc1. The first kappa shape index (κ1) is 31.1. The number of benzene rings is 9. The summed E-state index contributed by atoms with van der Waals surface area (Å²) in [7, 11) is 0. The maximum absolute atomic E-state index is 6.48. The van der Waals surface area contributed by atoms with Gasteiger partial charge in [0.1, 0.15) is 11.2 Å². The first-order valence-electron chi connectivity index (χ1n) is 18.5. The molecule has 4 heteroatoms. The minimum atomic E-state index is 0.592. The number of hydrogen-bond acceptors (Lipinski definition) is 4. The largest absolute Gasteiger partial charge is 0.456 e. The lowest BCUT2D eigenvalue weighted by atomic mass is 9.92. The minimum absolute atomic E-state index is 0.592. The number of hydrogen-bond donors (Lipinski definition) is 0. The van der Waals surface area contributed by atoms with Crippen molar-refractivity contribution in [3.63, 3.8) is 0 Å². The molecule has 0 bridgehead atoms. The van der Waals surface area contributed by atoms with Crippen molar-refractivity contribution < 1.29 is 4.42 Å². The van der Waals surface area contributed by atoms with Gasteiger partial charge in [-0.05, 0) is 78.8 Å². The highest BCUT2D eigenvalue weighted by molar-refractivity contribution is 6.25. The molecule has 2 heterocycles. The van der Waals surface area contributed by atoms with E-state index in [1.165, 1.54) is 32.3 Å². The van der Waals surface area contributed by atoms with Gasteiger partial charge in [0.05, 0.1) is 0 Å². The van der Waals surface area contributed by atoms with Crippen LogP contribution in [0.4, 0.5) is 0 Å². The number of furan rings is 1. The molecule has 0 saturated heterocycles. The van der Waals surface area contributed by atoms with Gasteiger partial charge in [0.25, 0.3) is 0 Å². The van der Waals surface area contributed by atoms with Crippen LogP contribution in [-0.4, -0.2) is 15.0 Å². The van der Waals surface area contributed by atoms with Crippen LogP contribution in [0, 0.1) is 0 Å². The molecular formula is C51H31N3O. The molecule has 55 heavy (non-hydrogen) atoms. The van der Waals surface area contributed by atoms with Crippen molar-refractivity contribution in [1.82, 2.24) is 15.0 Å². The summed E-state index contributed by atoms with van der Waals surface area (Å²) in [4.78, 5) is 15.5. The molecule has 2 aromatic heterocycles. The van der Waals surface area contributed by atoms with Crippen molar-refractivity contribution in [1.29, 1.82) is 0 Å². The topological polar surface area (TPSA) is 51.8 Å². The Kier molecular flexibility index (Phi) is 7.14. The van der Waals surface area contributed by atoms with Crippen molar-refractivity contribution in [2.75, 3.05) is 0 Å². The van der Waals surface area contributed by atoms with E-state index >= 15 is 0 Å². The maximum atomic E-state index is 6.48. The Balaban J connectivity index is 1.11. The fourth-order valence-corrected chi connectivity index (χ4v) is 8.18. The third-order valence-electron chi connectivity index (χ3n) is 10.7. The van der Waals surface area contributed by atoms with Crippen LogP contribution in [0.3, 0.4) is 0 Å². The van der Waals surface area contributed by atoms with Crippen molar-refractivity contribution >= 4 is 54.3 Å². The highest BCUT2D eigenvalue weighted by Crippen LogP contribution is 2.42. The van der Waals surface area contributed by atoms with E-state index in [1.54, 1.807) is 0 Å². The van der Waals surface area contributed by atoms with Gasteiger partial charge in [0.2, 0.25) is 0 Å². The first-order chi connectivity index (χ1) is 27.3. The van der Waals surface area contributed by atoms with Crippen LogP contribution in [0.2, 0.25) is 0 Å². The number of nitrogens with zero attached hydrogens (tertiary/aromatic N) is 3. The van der Waals surface area contributed by atoms with E-state index in [1.807, 2.05) is 54.6 Å². The zero-order valence-corrected chi connectivity index (χ0v) is 29.6. The van der Waals surface area contributed by atoms with Gasteiger partial charge in [0.15, 0.2) is 17.5 Å². The number of aromatic nitrogens is 3. The van der Waals surface area contributed by atoms with Crippen LogP contribution in [-0.2, 0) is 0 Å². The molecule has 256 valence electrons. The molecular weight excluding hydrogens is 671 g/mol. The van der Waals surface area contributed by atoms with Crippen molar-refractivity contribution in [3.05, 3.63) is 188 Å². The molecule has 11 aromatic rings. The standard InChI is InChI=1S/C51H31N3O/c1-3-14-32(15-4-1)37-24-12-26-45-47(37)48-43(25-13-27-46(48)55-45)51-53-49(33-16-5-2-6-17-33)52-50(54-51)36-19-11-18-34(30-36)35-28-29-42-40-22-8-7-20-38(40)39-21-9-10-23-41(39)44(42)31-35/h1-31H. The highest BCUT2D eigenvalue weighted by atomic mass is 16.3. The summed E-state index contributed by atoms with van der Waals surface area (Å²) in [6.07, 6.45) is 0. The zero-order valence-electron chi connectivity index (χ0n) is 29.6. The van der Waals surface area contributed by atoms with E-state index in [0.29, 0.717) is 17.5 Å². The summed E-state index contributed by atoms with van der Waals surface area (Å²) in [6, 6.07) is 65.7. The van der Waals surface area contributed by atoms with Gasteiger partial charge in [-0.25, -0.2) is 15.0 Å². The van der Waals surface area contributed by atoms with Gasteiger partial charge in [0, 0.05) is 27.5 Å². The molecule has 0 unspecified atom stereocenters. The Bertz CT molecular complexity index is 3220. The lowest BCUT2D eigenvalue weighted by Gasteiger charge is -2.13. The predicted molar refractivity (Wildman–Crippen MR) is 227 cm³/mol. The summed E-state index contributed by atoms with van der Waals surface area (Å²) in [5, 5.41) is 9.56. The van der Waals surface area contributed by atoms with E-state index in [-0.39, 0.29) is 0 Å². The Morgan fingerprint density at radius 1 is 0.273 bits per heavy atom. The van der Waals surface area contributed by atoms with E-state index in [2.05, 4.69) is 133 Å². The van der Waals surface area contributed by atoms with E-state index < -0.39 is 0 Å². The van der Waals surface area contributed by atoms with E-state index in [4.69, 9.17) is 19.4 Å². The first-order valence-corrected chi connectivity index (χ1v) is 18.5. The Labute approximate surface area is 317 Å². The molecule has 0 spiro atoms. The van der Waals surface area contributed by atoms with Gasteiger partial charge in [-0.1, -0.05) is 164 Å². The zero-order chi connectivity index (χ0) is 36.3. The highest BCUT2D eigenvalue weighted by Gasteiger charge is 2.20. The minimum Gasteiger partial charge on any atom is -0.456 e. The summed E-state index contributed by atoms with van der Waals surface area (Å²) in [5.41, 5.74) is 8.80. The lowest BCUT2D eigenvalue weighted by molar-refractivity contribution is 0.669. The summed E-state index contributed by atoms with van der Waals surface area (Å²) >= 11 is 0. The summed E-state index contributed by atoms with van der Waals surface area (Å²) in [5.74, 6) is 1.81. The average molecular weight is 702 g/mol. The molecule has 0 N–H and O–H groups in total. The second-order valence-electron chi connectivity index (χ2n) is 13.9. The van der Waals surface area contributed by atoms with Crippen molar-refractivity contribution in [2.24, 2.45) is 0 Å². The van der Waals surface area contributed by atoms with Gasteiger partial charge >= 0.3 is 0 Å². The van der Waals surface area contributed by atoms with Gasteiger partial charge < -0.3 is 4.42 Å². The maximum Gasteiger partial charge on any atom is 0.164 e. The molecule has 0 atom stereocenters. The van der Waals surface area contributed by atoms with Crippen molar-refractivity contribution in [3.8, 4) is 56.4 Å². The quantitative estimate of drug-likeness (QED) is 0.168. The molecule has 11 rings (SSSR count). The second kappa shape index (κ2) is 12.6. The molecule has 0 radical (unpaired) electrons. The lowest BCUT2D eigenvalue weighted by Crippen LogP contribution is -2.00. The number of rotatable bonds is 5. The van der Waals surface area contributed by atoms with E-state index in [9.17, 15) is 0 Å². The summed E-state index contributed by atoms with van der Waals surface area (Å²) < 4.78 is 6.48. The van der Waals surface area contributed by atoms with Crippen LogP contribution in [0.5, 0.6) is 0 Å². The smallest absolute Gasteiger partial charge is 0.164 e. The number of fused-ring (bicyclic) bond motifs is 9. The van der Waals surface area contributed by atoms with Crippen LogP contribution < -0.4 is 0 Å². The van der Waals surface area contributed by atoms with Crippen LogP contribution in [0.1, 0.15) is 0 Å². The molecule has 0 amide bonds. The fraction of sp³-hybridized carbons (Fsp3) is 0. The van der Waals surface area contributed by atoms with Crippen LogP contribution >= 0.6 is 0 Å². The predicted octanol–water partition coefficient (Wildman–Crippen LogP) is 13.6. The second-order valence-corrected chi connectivity index (χ2v) is 13.9. The van der Waals surface area contributed by atoms with Crippen LogP contribution in [0.25, 0.3) is 111 Å². The molecule has 0 aliphatic rings. The van der Waals surface area contributed by atoms with Gasteiger partial charge in [-0.3, -0.25) is 0 Å². The Hall–Kier alpha value is -7.43. The Morgan fingerprint density at radius 2 is 0.727 bits per heavy atom. The van der Waals surface area contributed by atoms with Gasteiger partial charge in [-0.15, -0.1) is 0 Å². The molecule has 0 aliphatic heterocycles. The average Bonchev–Trinajstić information content (AvgIpc) is 3.66. The molecule has 0 fully saturated rings. The Morgan fingerprint density at radius 3 is 1.40 bits per heavy atom. The van der Waals surface area contributed by atoms with Crippen molar-refractivity contribution in [2.45, 2.75) is 0 Å². The van der Waals surface area contributed by atoms with E-state index in [0.717, 1.165) is 60.9 Å². The fourth-order valence-electron chi connectivity index (χ4n) is 8.18. The third kappa shape index (κ3) is 5.19. The van der Waals surface area contributed by atoms with Gasteiger partial charge in [-0.2, -0.15) is 0 Å². The molecule has 4 nitrogen and oxygen atoms in total. The van der Waals surface area contributed by atoms with Crippen LogP contribution in [0.15, 0.2) is 192 Å². The molecule has 0 saturated carbocycles. The normalized spacial score (nSPS) is 11.6. The molecule has 0 aliphatic carbocycles.